The van der Waals surface area contributed by atoms with Gasteiger partial charge in [-0.2, -0.15) is 5.10 Å². The quantitative estimate of drug-likeness (QED) is 0.724. The number of fused-ring (bicyclic) bond motifs is 1. The van der Waals surface area contributed by atoms with Gasteiger partial charge < -0.3 is 0 Å². The van der Waals surface area contributed by atoms with E-state index in [0.717, 1.165) is 10.9 Å². The van der Waals surface area contributed by atoms with Crippen LogP contribution in [0.15, 0.2) is 53.6 Å². The predicted molar refractivity (Wildman–Crippen MR) is 83.3 cm³/mol. The number of ketones is 1. The minimum Gasteiger partial charge on any atom is -0.295 e. The molecule has 0 aliphatic rings. The zero-order valence-corrected chi connectivity index (χ0v) is 12.5. The molecule has 0 spiro atoms. The Hall–Kier alpha value is -2.67. The molecular weight excluding hydrogens is 302 g/mol. The van der Waals surface area contributed by atoms with Crippen molar-refractivity contribution >= 4 is 32.4 Å². The Morgan fingerprint density at radius 3 is 2.77 bits per heavy atom. The summed E-state index contributed by atoms with van der Waals surface area (Å²) in [6.45, 7) is 1.39. The van der Waals surface area contributed by atoms with Crippen molar-refractivity contribution in [1.82, 2.24) is 10.2 Å². The van der Waals surface area contributed by atoms with E-state index in [-0.39, 0.29) is 10.7 Å². The van der Waals surface area contributed by atoms with E-state index in [1.54, 1.807) is 36.5 Å². The summed E-state index contributed by atoms with van der Waals surface area (Å²) in [5, 5.41) is 7.56. The van der Waals surface area contributed by atoms with Gasteiger partial charge in [-0.3, -0.25) is 14.6 Å². The number of anilines is 1. The monoisotopic (exact) mass is 315 g/mol. The van der Waals surface area contributed by atoms with Crippen LogP contribution in [0, 0.1) is 0 Å². The lowest BCUT2D eigenvalue weighted by atomic mass is 10.2. The van der Waals surface area contributed by atoms with Gasteiger partial charge in [-0.05, 0) is 37.3 Å². The van der Waals surface area contributed by atoms with Crippen molar-refractivity contribution in [3.63, 3.8) is 0 Å². The van der Waals surface area contributed by atoms with E-state index in [9.17, 15) is 13.2 Å². The van der Waals surface area contributed by atoms with Crippen LogP contribution < -0.4 is 4.72 Å². The lowest BCUT2D eigenvalue weighted by molar-refractivity contribution is 0.101. The van der Waals surface area contributed by atoms with E-state index < -0.39 is 10.0 Å². The van der Waals surface area contributed by atoms with Crippen LogP contribution in [-0.2, 0) is 10.0 Å². The summed E-state index contributed by atoms with van der Waals surface area (Å²) >= 11 is 0. The van der Waals surface area contributed by atoms with Crippen molar-refractivity contribution in [1.29, 1.82) is 0 Å². The number of hydrogen-bond acceptors (Lipinski definition) is 4. The number of nitrogens with one attached hydrogen (secondary N) is 2. The van der Waals surface area contributed by atoms with E-state index in [4.69, 9.17) is 0 Å². The molecule has 0 fully saturated rings. The van der Waals surface area contributed by atoms with E-state index in [1.165, 1.54) is 19.1 Å². The molecule has 0 saturated carbocycles. The van der Waals surface area contributed by atoms with Crippen LogP contribution in [0.4, 0.5) is 5.69 Å². The Morgan fingerprint density at radius 1 is 1.18 bits per heavy atom. The van der Waals surface area contributed by atoms with Gasteiger partial charge in [0.25, 0.3) is 10.0 Å². The second-order valence-corrected chi connectivity index (χ2v) is 6.54. The summed E-state index contributed by atoms with van der Waals surface area (Å²) in [5.41, 5.74) is 1.51. The molecule has 112 valence electrons. The van der Waals surface area contributed by atoms with Crippen molar-refractivity contribution in [2.24, 2.45) is 0 Å². The van der Waals surface area contributed by atoms with Crippen LogP contribution >= 0.6 is 0 Å². The third kappa shape index (κ3) is 2.71. The third-order valence-corrected chi connectivity index (χ3v) is 4.62. The number of hydrogen-bond donors (Lipinski definition) is 2. The maximum Gasteiger partial charge on any atom is 0.261 e. The molecule has 0 radical (unpaired) electrons. The number of rotatable bonds is 4. The highest BCUT2D eigenvalue weighted by atomic mass is 32.2. The molecule has 2 aromatic carbocycles. The largest absolute Gasteiger partial charge is 0.295 e. The van der Waals surface area contributed by atoms with Gasteiger partial charge in [-0.25, -0.2) is 8.42 Å². The van der Waals surface area contributed by atoms with E-state index >= 15 is 0 Å². The Morgan fingerprint density at radius 2 is 2.00 bits per heavy atom. The molecule has 0 atom stereocenters. The number of benzene rings is 2. The molecule has 1 aromatic heterocycles. The van der Waals surface area contributed by atoms with Gasteiger partial charge in [0.2, 0.25) is 0 Å². The molecule has 1 heterocycles. The Bertz CT molecular complexity index is 961. The van der Waals surface area contributed by atoms with E-state index in [2.05, 4.69) is 14.9 Å². The molecule has 7 heteroatoms. The van der Waals surface area contributed by atoms with Crippen LogP contribution in [0.3, 0.4) is 0 Å². The fraction of sp³-hybridized carbons (Fsp3) is 0.0667. The summed E-state index contributed by atoms with van der Waals surface area (Å²) in [6, 6.07) is 11.0. The number of carbonyl (C=O) groups is 1. The first-order valence-electron chi connectivity index (χ1n) is 6.53. The van der Waals surface area contributed by atoms with Crippen LogP contribution in [0.5, 0.6) is 0 Å². The molecule has 2 N–H and O–H groups in total. The van der Waals surface area contributed by atoms with E-state index in [0.29, 0.717) is 11.3 Å². The molecule has 22 heavy (non-hydrogen) atoms. The summed E-state index contributed by atoms with van der Waals surface area (Å²) < 4.78 is 27.3. The molecule has 6 nitrogen and oxygen atoms in total. The maximum absolute atomic E-state index is 12.4. The van der Waals surface area contributed by atoms with Crippen LogP contribution in [0.2, 0.25) is 0 Å². The first-order valence-corrected chi connectivity index (χ1v) is 8.01. The summed E-state index contributed by atoms with van der Waals surface area (Å²) in [5.74, 6) is -0.184. The lowest BCUT2D eigenvalue weighted by Gasteiger charge is -2.09. The van der Waals surface area contributed by atoms with Crippen molar-refractivity contribution in [2.45, 2.75) is 11.8 Å². The van der Waals surface area contributed by atoms with Crippen molar-refractivity contribution in [2.75, 3.05) is 4.72 Å². The van der Waals surface area contributed by atoms with Gasteiger partial charge in [-0.15, -0.1) is 0 Å². The molecule has 3 rings (SSSR count). The first-order chi connectivity index (χ1) is 10.5. The molecule has 0 bridgehead atoms. The van der Waals surface area contributed by atoms with Gasteiger partial charge in [0.1, 0.15) is 0 Å². The van der Waals surface area contributed by atoms with Crippen molar-refractivity contribution < 1.29 is 13.2 Å². The summed E-state index contributed by atoms with van der Waals surface area (Å²) in [6.07, 6.45) is 1.66. The molecule has 0 saturated heterocycles. The number of H-pyrrole nitrogens is 1. The number of Topliss-reactive ketones (excluding diaryl/α,β-unsaturated/α-hetero) is 1. The van der Waals surface area contributed by atoms with Gasteiger partial charge in [0, 0.05) is 10.9 Å². The Labute approximate surface area is 127 Å². The molecule has 0 aliphatic heterocycles. The number of aromatic nitrogens is 2. The third-order valence-electron chi connectivity index (χ3n) is 3.25. The highest BCUT2D eigenvalue weighted by Crippen LogP contribution is 2.21. The highest BCUT2D eigenvalue weighted by Gasteiger charge is 2.15. The Kier molecular flexibility index (Phi) is 3.42. The molecular formula is C15H13N3O3S. The topological polar surface area (TPSA) is 91.9 Å². The summed E-state index contributed by atoms with van der Waals surface area (Å²) in [4.78, 5) is 11.4. The number of nitrogens with zero attached hydrogens (tertiary/aromatic N) is 1. The maximum atomic E-state index is 12.4. The highest BCUT2D eigenvalue weighted by molar-refractivity contribution is 7.92. The molecule has 3 aromatic rings. The lowest BCUT2D eigenvalue weighted by Crippen LogP contribution is -2.13. The second-order valence-electron chi connectivity index (χ2n) is 4.86. The standard InChI is InChI=1S/C15H13N3O3S/c1-10(19)11-3-2-4-14(7-11)22(20,21)18-13-6-5-12-9-16-17-15(12)8-13/h2-9,18H,1H3,(H,16,17). The van der Waals surface area contributed by atoms with Crippen LogP contribution in [-0.4, -0.2) is 24.4 Å². The molecule has 0 aliphatic carbocycles. The average Bonchev–Trinajstić information content (AvgIpc) is 2.94. The zero-order valence-electron chi connectivity index (χ0n) is 11.7. The number of sulfonamides is 1. The van der Waals surface area contributed by atoms with Crippen molar-refractivity contribution in [3.8, 4) is 0 Å². The summed E-state index contributed by atoms with van der Waals surface area (Å²) in [7, 11) is -3.76. The van der Waals surface area contributed by atoms with Gasteiger partial charge >= 0.3 is 0 Å². The zero-order chi connectivity index (χ0) is 15.7. The fourth-order valence-corrected chi connectivity index (χ4v) is 3.19. The fourth-order valence-electron chi connectivity index (χ4n) is 2.10. The average molecular weight is 315 g/mol. The van der Waals surface area contributed by atoms with Gasteiger partial charge in [0.05, 0.1) is 22.3 Å². The minimum absolute atomic E-state index is 0.0462. The smallest absolute Gasteiger partial charge is 0.261 e. The SMILES string of the molecule is CC(=O)c1cccc(S(=O)(=O)Nc2ccc3cn[nH]c3c2)c1. The Balaban J connectivity index is 1.95. The number of aromatic amines is 1. The first kappa shape index (κ1) is 14.3. The predicted octanol–water partition coefficient (Wildman–Crippen LogP) is 2.57. The van der Waals surface area contributed by atoms with Crippen molar-refractivity contribution in [3.05, 3.63) is 54.2 Å². The van der Waals surface area contributed by atoms with Gasteiger partial charge in [0.15, 0.2) is 5.78 Å². The van der Waals surface area contributed by atoms with Crippen LogP contribution in [0.25, 0.3) is 10.9 Å². The second kappa shape index (κ2) is 5.27. The van der Waals surface area contributed by atoms with Crippen LogP contribution in [0.1, 0.15) is 17.3 Å². The normalized spacial score (nSPS) is 11.5. The molecule has 0 unspecified atom stereocenters. The minimum atomic E-state index is -3.76. The number of carbonyl (C=O) groups excluding carboxylic acids is 1. The molecule has 0 amide bonds. The van der Waals surface area contributed by atoms with Gasteiger partial charge in [-0.1, -0.05) is 12.1 Å². The van der Waals surface area contributed by atoms with E-state index in [1.807, 2.05) is 0 Å².